The van der Waals surface area contributed by atoms with E-state index < -0.39 is 5.54 Å². The summed E-state index contributed by atoms with van der Waals surface area (Å²) >= 11 is 6.64. The number of aromatic nitrogens is 4. The van der Waals surface area contributed by atoms with Gasteiger partial charge in [-0.3, -0.25) is 4.79 Å². The van der Waals surface area contributed by atoms with Crippen molar-refractivity contribution in [2.75, 3.05) is 7.11 Å². The van der Waals surface area contributed by atoms with Crippen molar-refractivity contribution in [3.63, 3.8) is 0 Å². The molecule has 1 unspecified atom stereocenters. The van der Waals surface area contributed by atoms with Gasteiger partial charge in [-0.15, -0.1) is 0 Å². The van der Waals surface area contributed by atoms with Crippen LogP contribution in [-0.2, 0) is 23.2 Å². The summed E-state index contributed by atoms with van der Waals surface area (Å²) in [7, 11) is 1.41. The Bertz CT molecular complexity index is 1770. The Balaban J connectivity index is 1.42. The lowest BCUT2D eigenvalue weighted by atomic mass is 9.81. The maximum Gasteiger partial charge on any atom is 0.340 e. The van der Waals surface area contributed by atoms with Gasteiger partial charge >= 0.3 is 5.97 Å². The molecule has 1 N–H and O–H groups in total. The molecule has 1 aliphatic heterocycles. The van der Waals surface area contributed by atoms with Gasteiger partial charge in [0, 0.05) is 16.6 Å². The minimum absolute atomic E-state index is 0.279. The van der Waals surface area contributed by atoms with Crippen LogP contribution in [0.15, 0.2) is 73.1 Å². The van der Waals surface area contributed by atoms with E-state index in [0.717, 1.165) is 27.7 Å². The number of carbonyl (C=O) groups is 2. The first-order chi connectivity index (χ1) is 19.3. The van der Waals surface area contributed by atoms with Crippen molar-refractivity contribution in [3.8, 4) is 5.69 Å². The van der Waals surface area contributed by atoms with Gasteiger partial charge in [0.05, 0.1) is 41.0 Å². The molecule has 3 heterocycles. The van der Waals surface area contributed by atoms with Crippen LogP contribution < -0.4 is 5.32 Å². The van der Waals surface area contributed by atoms with Gasteiger partial charge in [0.2, 0.25) is 0 Å². The number of amides is 1. The summed E-state index contributed by atoms with van der Waals surface area (Å²) in [5, 5.41) is 8.84. The van der Waals surface area contributed by atoms with Crippen LogP contribution in [-0.4, -0.2) is 38.3 Å². The third-order valence-electron chi connectivity index (χ3n) is 7.68. The molecular weight excluding hydrogens is 526 g/mol. The van der Waals surface area contributed by atoms with Gasteiger partial charge in [0.25, 0.3) is 5.91 Å². The van der Waals surface area contributed by atoms with Crippen LogP contribution in [0.5, 0.6) is 0 Å². The van der Waals surface area contributed by atoms with Crippen molar-refractivity contribution in [1.82, 2.24) is 24.6 Å². The summed E-state index contributed by atoms with van der Waals surface area (Å²) in [6.07, 6.45) is 2.78. The highest BCUT2D eigenvalue weighted by Gasteiger charge is 2.41. The summed E-state index contributed by atoms with van der Waals surface area (Å²) in [4.78, 5) is 30.9. The molecular formula is C31H28ClN5O3. The first-order valence-electron chi connectivity index (χ1n) is 13.1. The Morgan fingerprint density at radius 2 is 1.85 bits per heavy atom. The second-order valence-electron chi connectivity index (χ2n) is 10.2. The molecule has 1 amide bonds. The van der Waals surface area contributed by atoms with Crippen molar-refractivity contribution in [2.24, 2.45) is 0 Å². The molecule has 8 nitrogen and oxygen atoms in total. The van der Waals surface area contributed by atoms with Crippen LogP contribution in [0.4, 0.5) is 0 Å². The largest absolute Gasteiger partial charge is 0.465 e. The lowest BCUT2D eigenvalue weighted by molar-refractivity contribution is 0.0598. The Hall–Kier alpha value is -4.43. The molecule has 0 saturated carbocycles. The fourth-order valence-electron chi connectivity index (χ4n) is 5.72. The molecule has 40 heavy (non-hydrogen) atoms. The number of nitrogens with zero attached hydrogens (tertiary/aromatic N) is 4. The first-order valence-corrected chi connectivity index (χ1v) is 13.4. The third-order valence-corrected chi connectivity index (χ3v) is 7.99. The molecule has 1 atom stereocenters. The molecule has 0 fully saturated rings. The third kappa shape index (κ3) is 4.34. The van der Waals surface area contributed by atoms with Gasteiger partial charge in [0.15, 0.2) is 0 Å². The molecule has 0 spiro atoms. The lowest BCUT2D eigenvalue weighted by Gasteiger charge is -2.40. The van der Waals surface area contributed by atoms with Crippen LogP contribution >= 0.6 is 11.6 Å². The van der Waals surface area contributed by atoms with E-state index in [-0.39, 0.29) is 11.9 Å². The highest BCUT2D eigenvalue weighted by molar-refractivity contribution is 6.34. The molecule has 1 aliphatic rings. The summed E-state index contributed by atoms with van der Waals surface area (Å²) in [6.45, 7) is 4.26. The van der Waals surface area contributed by atoms with Crippen molar-refractivity contribution >= 4 is 34.4 Å². The van der Waals surface area contributed by atoms with Gasteiger partial charge in [-0.1, -0.05) is 53.6 Å². The van der Waals surface area contributed by atoms with Crippen LogP contribution in [0.25, 0.3) is 16.6 Å². The Morgan fingerprint density at radius 1 is 1.05 bits per heavy atom. The molecule has 3 aromatic carbocycles. The highest BCUT2D eigenvalue weighted by Crippen LogP contribution is 2.40. The number of hydrogen-bond donors (Lipinski definition) is 1. The number of fused-ring (bicyclic) bond motifs is 3. The standard InChI is InChI=1S/C31H28ClN5O3/c1-19-9-12-26-24(15-19)28(30(39)40-3)27-13-14-31(17-36(26)27,21-7-5-4-6-8-21)34-29(38)23-11-10-22(16-25(23)32)37-18-33-20(2)35-37/h4-12,15-16,18H,13-14,17H2,1-3H3,(H,34,38). The van der Waals surface area contributed by atoms with Crippen LogP contribution in [0.1, 0.15) is 49.8 Å². The summed E-state index contributed by atoms with van der Waals surface area (Å²) in [6, 6.07) is 21.3. The molecule has 2 aromatic heterocycles. The zero-order chi connectivity index (χ0) is 28.0. The molecule has 6 rings (SSSR count). The summed E-state index contributed by atoms with van der Waals surface area (Å²) in [5.41, 5.74) is 4.82. The number of nitrogens with one attached hydrogen (secondary N) is 1. The van der Waals surface area contributed by atoms with E-state index in [9.17, 15) is 9.59 Å². The maximum atomic E-state index is 13.8. The second-order valence-corrected chi connectivity index (χ2v) is 10.6. The molecule has 0 bridgehead atoms. The van der Waals surface area contributed by atoms with Crippen molar-refractivity contribution in [1.29, 1.82) is 0 Å². The minimum Gasteiger partial charge on any atom is -0.465 e. The molecule has 0 saturated heterocycles. The molecule has 0 radical (unpaired) electrons. The van der Waals surface area contributed by atoms with Crippen LogP contribution in [0.3, 0.4) is 0 Å². The van der Waals surface area contributed by atoms with Crippen LogP contribution in [0, 0.1) is 13.8 Å². The lowest BCUT2D eigenvalue weighted by Crippen LogP contribution is -2.51. The van der Waals surface area contributed by atoms with Gasteiger partial charge in [-0.05, 0) is 62.6 Å². The SMILES string of the molecule is COC(=O)c1c2n(c3ccc(C)cc13)CC(NC(=O)c1ccc(-n3cnc(C)n3)cc1Cl)(c1ccccc1)CC2. The number of rotatable bonds is 5. The summed E-state index contributed by atoms with van der Waals surface area (Å²) < 4.78 is 8.95. The first kappa shape index (κ1) is 25.8. The highest BCUT2D eigenvalue weighted by atomic mass is 35.5. The zero-order valence-corrected chi connectivity index (χ0v) is 23.2. The number of methoxy groups -OCH3 is 1. The Labute approximate surface area is 236 Å². The quantitative estimate of drug-likeness (QED) is 0.288. The van der Waals surface area contributed by atoms with E-state index in [4.69, 9.17) is 16.3 Å². The number of aryl methyl sites for hydroxylation is 2. The number of benzene rings is 3. The second kappa shape index (κ2) is 9.95. The predicted octanol–water partition coefficient (Wildman–Crippen LogP) is 5.55. The van der Waals surface area contributed by atoms with Gasteiger partial charge in [-0.25, -0.2) is 14.5 Å². The Morgan fingerprint density at radius 3 is 2.55 bits per heavy atom. The van der Waals surface area contributed by atoms with Crippen LogP contribution in [0.2, 0.25) is 5.02 Å². The Kier molecular flexibility index (Phi) is 6.43. The van der Waals surface area contributed by atoms with Gasteiger partial charge in [-0.2, -0.15) is 5.10 Å². The molecule has 0 aliphatic carbocycles. The zero-order valence-electron chi connectivity index (χ0n) is 22.4. The van der Waals surface area contributed by atoms with Gasteiger partial charge in [0.1, 0.15) is 12.2 Å². The van der Waals surface area contributed by atoms with E-state index >= 15 is 0 Å². The van der Waals surface area contributed by atoms with E-state index in [0.29, 0.717) is 47.0 Å². The van der Waals surface area contributed by atoms with E-state index in [2.05, 4.69) is 20.0 Å². The number of halogens is 1. The van der Waals surface area contributed by atoms with Gasteiger partial charge < -0.3 is 14.6 Å². The number of ether oxygens (including phenoxy) is 1. The van der Waals surface area contributed by atoms with E-state index in [1.807, 2.05) is 62.4 Å². The fourth-order valence-corrected chi connectivity index (χ4v) is 5.99. The monoisotopic (exact) mass is 553 g/mol. The average molecular weight is 554 g/mol. The molecule has 5 aromatic rings. The number of esters is 1. The molecule has 9 heteroatoms. The normalized spacial score (nSPS) is 16.5. The number of carbonyl (C=O) groups excluding carboxylic acids is 2. The molecule has 202 valence electrons. The smallest absolute Gasteiger partial charge is 0.340 e. The van der Waals surface area contributed by atoms with Crippen molar-refractivity contribution < 1.29 is 14.3 Å². The average Bonchev–Trinajstić information content (AvgIpc) is 3.53. The van der Waals surface area contributed by atoms with E-state index in [1.54, 1.807) is 29.2 Å². The number of hydrogen-bond acceptors (Lipinski definition) is 5. The topological polar surface area (TPSA) is 91.0 Å². The van der Waals surface area contributed by atoms with E-state index in [1.165, 1.54) is 7.11 Å². The fraction of sp³-hybridized carbons (Fsp3) is 0.226. The maximum absolute atomic E-state index is 13.8. The minimum atomic E-state index is -0.736. The van der Waals surface area contributed by atoms with Crippen molar-refractivity contribution in [3.05, 3.63) is 112 Å². The predicted molar refractivity (Wildman–Crippen MR) is 153 cm³/mol. The summed E-state index contributed by atoms with van der Waals surface area (Å²) in [5.74, 6) is 0.0108. The van der Waals surface area contributed by atoms with Crippen molar-refractivity contribution in [2.45, 2.75) is 38.8 Å².